The zero-order valence-electron chi connectivity index (χ0n) is 11.3. The van der Waals surface area contributed by atoms with Crippen LogP contribution in [-0.4, -0.2) is 23.0 Å². The Hall–Kier alpha value is -0.990. The van der Waals surface area contributed by atoms with Gasteiger partial charge in [-0.1, -0.05) is 19.8 Å². The normalized spacial score (nSPS) is 11.1. The lowest BCUT2D eigenvalue weighted by molar-refractivity contribution is -0.131. The van der Waals surface area contributed by atoms with Crippen LogP contribution in [0.15, 0.2) is 12.5 Å². The van der Waals surface area contributed by atoms with Crippen LogP contribution in [-0.2, 0) is 9.53 Å². The molecule has 0 aliphatic rings. The van der Waals surface area contributed by atoms with Gasteiger partial charge in [0.1, 0.15) is 5.60 Å². The number of carbonyl (C=O) groups is 1. The van der Waals surface area contributed by atoms with E-state index in [-0.39, 0.29) is 11.5 Å². The van der Waals surface area contributed by atoms with Crippen LogP contribution in [0.2, 0.25) is 0 Å². The van der Waals surface area contributed by atoms with E-state index >= 15 is 0 Å². The van der Waals surface area contributed by atoms with Crippen LogP contribution in [0.4, 0.5) is 0 Å². The molecule has 0 bridgehead atoms. The van der Waals surface area contributed by atoms with Gasteiger partial charge >= 0.3 is 0 Å². The molecule has 94 valence electrons. The SMILES string of the molecule is C=C(OC(C)(C)C)N(CCCCC)C(C)=O. The Morgan fingerprint density at radius 1 is 1.31 bits per heavy atom. The van der Waals surface area contributed by atoms with E-state index in [0.29, 0.717) is 12.4 Å². The number of carbonyl (C=O) groups excluding carboxylic acids is 1. The number of rotatable bonds is 6. The smallest absolute Gasteiger partial charge is 0.226 e. The number of ether oxygens (including phenoxy) is 1. The molecule has 0 atom stereocenters. The average molecular weight is 227 g/mol. The van der Waals surface area contributed by atoms with Gasteiger partial charge < -0.3 is 4.74 Å². The highest BCUT2D eigenvalue weighted by atomic mass is 16.5. The molecule has 0 N–H and O–H groups in total. The quantitative estimate of drug-likeness (QED) is 0.514. The summed E-state index contributed by atoms with van der Waals surface area (Å²) >= 11 is 0. The lowest BCUT2D eigenvalue weighted by Gasteiger charge is -2.29. The summed E-state index contributed by atoms with van der Waals surface area (Å²) < 4.78 is 5.60. The first kappa shape index (κ1) is 15.0. The molecule has 16 heavy (non-hydrogen) atoms. The summed E-state index contributed by atoms with van der Waals surface area (Å²) in [5.41, 5.74) is -0.310. The minimum atomic E-state index is -0.310. The molecule has 0 aromatic carbocycles. The van der Waals surface area contributed by atoms with Crippen molar-refractivity contribution in [2.45, 2.75) is 59.5 Å². The molecule has 0 heterocycles. The van der Waals surface area contributed by atoms with Crippen molar-refractivity contribution in [2.24, 2.45) is 0 Å². The van der Waals surface area contributed by atoms with Crippen molar-refractivity contribution in [3.63, 3.8) is 0 Å². The predicted molar refractivity (Wildman–Crippen MR) is 66.9 cm³/mol. The summed E-state index contributed by atoms with van der Waals surface area (Å²) in [5.74, 6) is 0.446. The number of amides is 1. The van der Waals surface area contributed by atoms with Gasteiger partial charge in [-0.05, 0) is 33.8 Å². The second kappa shape index (κ2) is 6.56. The third-order valence-corrected chi connectivity index (χ3v) is 2.09. The van der Waals surface area contributed by atoms with Crippen LogP contribution in [0.3, 0.4) is 0 Å². The molecule has 0 spiro atoms. The van der Waals surface area contributed by atoms with Gasteiger partial charge in [0, 0.05) is 13.5 Å². The highest BCUT2D eigenvalue weighted by Gasteiger charge is 2.19. The maximum absolute atomic E-state index is 11.5. The minimum Gasteiger partial charge on any atom is -0.474 e. The van der Waals surface area contributed by atoms with Crippen molar-refractivity contribution in [1.82, 2.24) is 4.90 Å². The van der Waals surface area contributed by atoms with E-state index in [4.69, 9.17) is 4.74 Å². The third-order valence-electron chi connectivity index (χ3n) is 2.09. The van der Waals surface area contributed by atoms with Crippen LogP contribution >= 0.6 is 0 Å². The zero-order valence-corrected chi connectivity index (χ0v) is 11.3. The van der Waals surface area contributed by atoms with Crippen LogP contribution in [0.5, 0.6) is 0 Å². The Kier molecular flexibility index (Phi) is 6.16. The fraction of sp³-hybridized carbons (Fsp3) is 0.769. The van der Waals surface area contributed by atoms with Gasteiger partial charge in [-0.25, -0.2) is 0 Å². The first-order chi connectivity index (χ1) is 7.28. The van der Waals surface area contributed by atoms with E-state index in [1.54, 1.807) is 11.8 Å². The maximum atomic E-state index is 11.5. The highest BCUT2D eigenvalue weighted by molar-refractivity contribution is 5.74. The fourth-order valence-corrected chi connectivity index (χ4v) is 1.39. The second-order valence-corrected chi connectivity index (χ2v) is 4.99. The summed E-state index contributed by atoms with van der Waals surface area (Å²) in [5, 5.41) is 0. The van der Waals surface area contributed by atoms with Gasteiger partial charge in [0.05, 0.1) is 0 Å². The van der Waals surface area contributed by atoms with Crippen LogP contribution in [0.1, 0.15) is 53.9 Å². The van der Waals surface area contributed by atoms with Crippen LogP contribution < -0.4 is 0 Å². The molecule has 0 fully saturated rings. The van der Waals surface area contributed by atoms with Crippen LogP contribution in [0.25, 0.3) is 0 Å². The number of unbranched alkanes of at least 4 members (excludes halogenated alkanes) is 2. The van der Waals surface area contributed by atoms with Gasteiger partial charge in [-0.2, -0.15) is 0 Å². The molecule has 0 aromatic rings. The standard InChI is InChI=1S/C13H25NO2/c1-7-8-9-10-14(11(2)15)12(3)16-13(4,5)6/h3,7-10H2,1-2,4-6H3. The van der Waals surface area contributed by atoms with Crippen molar-refractivity contribution in [1.29, 1.82) is 0 Å². The Labute approximate surface area is 99.5 Å². The van der Waals surface area contributed by atoms with E-state index in [1.165, 1.54) is 0 Å². The van der Waals surface area contributed by atoms with E-state index in [0.717, 1.165) is 19.3 Å². The van der Waals surface area contributed by atoms with Crippen molar-refractivity contribution >= 4 is 5.91 Å². The van der Waals surface area contributed by atoms with Crippen molar-refractivity contribution in [2.75, 3.05) is 6.54 Å². The van der Waals surface area contributed by atoms with E-state index < -0.39 is 0 Å². The van der Waals surface area contributed by atoms with Gasteiger partial charge in [0.25, 0.3) is 0 Å². The first-order valence-electron chi connectivity index (χ1n) is 5.94. The lowest BCUT2D eigenvalue weighted by atomic mass is 10.2. The van der Waals surface area contributed by atoms with Crippen molar-refractivity contribution in [3.05, 3.63) is 12.5 Å². The van der Waals surface area contributed by atoms with Crippen LogP contribution in [0, 0.1) is 0 Å². The molecule has 0 aromatic heterocycles. The summed E-state index contributed by atoms with van der Waals surface area (Å²) in [7, 11) is 0. The predicted octanol–water partition coefficient (Wildman–Crippen LogP) is 3.31. The molecular weight excluding hydrogens is 202 g/mol. The average Bonchev–Trinajstić information content (AvgIpc) is 2.08. The third kappa shape index (κ3) is 6.49. The molecule has 0 rings (SSSR count). The lowest BCUT2D eigenvalue weighted by Crippen LogP contribution is -2.33. The van der Waals surface area contributed by atoms with Gasteiger partial charge in [0.15, 0.2) is 5.88 Å². The maximum Gasteiger partial charge on any atom is 0.226 e. The Morgan fingerprint density at radius 2 is 1.88 bits per heavy atom. The second-order valence-electron chi connectivity index (χ2n) is 4.99. The zero-order chi connectivity index (χ0) is 12.8. The molecule has 3 heteroatoms. The molecule has 0 aliphatic heterocycles. The molecule has 0 unspecified atom stereocenters. The summed E-state index contributed by atoms with van der Waals surface area (Å²) in [6.07, 6.45) is 3.24. The van der Waals surface area contributed by atoms with Gasteiger partial charge in [-0.15, -0.1) is 0 Å². The van der Waals surface area contributed by atoms with E-state index in [1.807, 2.05) is 20.8 Å². The van der Waals surface area contributed by atoms with E-state index in [2.05, 4.69) is 13.5 Å². The van der Waals surface area contributed by atoms with Gasteiger partial charge in [-0.3, -0.25) is 9.69 Å². The van der Waals surface area contributed by atoms with Gasteiger partial charge in [0.2, 0.25) is 5.91 Å². The first-order valence-corrected chi connectivity index (χ1v) is 5.94. The molecule has 0 saturated carbocycles. The van der Waals surface area contributed by atoms with Crippen molar-refractivity contribution in [3.8, 4) is 0 Å². The monoisotopic (exact) mass is 227 g/mol. The molecular formula is C13H25NO2. The number of hydrogen-bond donors (Lipinski definition) is 0. The molecule has 0 aliphatic carbocycles. The highest BCUT2D eigenvalue weighted by Crippen LogP contribution is 2.16. The van der Waals surface area contributed by atoms with E-state index in [9.17, 15) is 4.79 Å². The molecule has 3 nitrogen and oxygen atoms in total. The topological polar surface area (TPSA) is 29.5 Å². The number of nitrogens with zero attached hydrogens (tertiary/aromatic N) is 1. The largest absolute Gasteiger partial charge is 0.474 e. The Morgan fingerprint density at radius 3 is 2.25 bits per heavy atom. The summed E-state index contributed by atoms with van der Waals surface area (Å²) in [4.78, 5) is 13.1. The fourth-order valence-electron chi connectivity index (χ4n) is 1.39. The Bertz CT molecular complexity index is 241. The Balaban J connectivity index is 4.31. The van der Waals surface area contributed by atoms with Crippen molar-refractivity contribution < 1.29 is 9.53 Å². The molecule has 0 saturated heterocycles. The minimum absolute atomic E-state index is 0.00893. The molecule has 0 radical (unpaired) electrons. The summed E-state index contributed by atoms with van der Waals surface area (Å²) in [6.45, 7) is 14.0. The number of hydrogen-bond acceptors (Lipinski definition) is 2. The summed E-state index contributed by atoms with van der Waals surface area (Å²) in [6, 6.07) is 0. The molecule has 1 amide bonds.